The molecule has 0 saturated heterocycles. The Kier molecular flexibility index (Phi) is 7.08. The summed E-state index contributed by atoms with van der Waals surface area (Å²) in [6, 6.07) is 8.21. The summed E-state index contributed by atoms with van der Waals surface area (Å²) in [5.74, 6) is 0.618. The van der Waals surface area contributed by atoms with Crippen LogP contribution >= 0.6 is 11.8 Å². The molecule has 0 heterocycles. The van der Waals surface area contributed by atoms with Crippen molar-refractivity contribution in [1.82, 2.24) is 5.32 Å². The maximum absolute atomic E-state index is 9.55. The first-order valence-electron chi connectivity index (χ1n) is 7.02. The predicted molar refractivity (Wildman–Crippen MR) is 84.7 cm³/mol. The molecule has 0 aliphatic carbocycles. The van der Waals surface area contributed by atoms with Crippen LogP contribution in [0.5, 0.6) is 0 Å². The molecule has 0 bridgehead atoms. The van der Waals surface area contributed by atoms with Gasteiger partial charge in [0.05, 0.1) is 11.7 Å². The van der Waals surface area contributed by atoms with E-state index in [1.807, 2.05) is 25.1 Å². The van der Waals surface area contributed by atoms with Gasteiger partial charge >= 0.3 is 0 Å². The van der Waals surface area contributed by atoms with Crippen LogP contribution in [0.3, 0.4) is 0 Å². The molecule has 0 fully saturated rings. The van der Waals surface area contributed by atoms with E-state index in [-0.39, 0.29) is 11.4 Å². The molecule has 3 nitrogen and oxygen atoms in total. The van der Waals surface area contributed by atoms with Gasteiger partial charge in [-0.1, -0.05) is 26.8 Å². The van der Waals surface area contributed by atoms with Gasteiger partial charge in [0.2, 0.25) is 0 Å². The van der Waals surface area contributed by atoms with Crippen molar-refractivity contribution in [1.29, 1.82) is 5.26 Å². The first-order chi connectivity index (χ1) is 9.43. The van der Waals surface area contributed by atoms with Crippen LogP contribution in [0.25, 0.3) is 0 Å². The molecule has 0 aliphatic heterocycles. The first-order valence-corrected chi connectivity index (χ1v) is 7.90. The Labute approximate surface area is 126 Å². The lowest BCUT2D eigenvalue weighted by molar-refractivity contribution is 0.196. The topological polar surface area (TPSA) is 56.0 Å². The molecular weight excluding hydrogens is 268 g/mol. The third-order valence-electron chi connectivity index (χ3n) is 3.04. The number of hydrogen-bond acceptors (Lipinski definition) is 4. The number of nitrogens with zero attached hydrogens (tertiary/aromatic N) is 1. The number of nitriles is 1. The van der Waals surface area contributed by atoms with Crippen molar-refractivity contribution in [2.24, 2.45) is 5.92 Å². The van der Waals surface area contributed by atoms with Crippen molar-refractivity contribution in [3.63, 3.8) is 0 Å². The van der Waals surface area contributed by atoms with E-state index in [9.17, 15) is 10.4 Å². The Hall–Kier alpha value is -1.02. The highest BCUT2D eigenvalue weighted by atomic mass is 32.2. The molecule has 0 aromatic heterocycles. The fraction of sp³-hybridized carbons (Fsp3) is 0.562. The van der Waals surface area contributed by atoms with Gasteiger partial charge in [-0.05, 0) is 37.1 Å². The second-order valence-corrected chi connectivity index (χ2v) is 6.95. The van der Waals surface area contributed by atoms with Crippen LogP contribution in [0, 0.1) is 17.2 Å². The van der Waals surface area contributed by atoms with Crippen LogP contribution in [-0.4, -0.2) is 23.0 Å². The van der Waals surface area contributed by atoms with Crippen molar-refractivity contribution in [3.05, 3.63) is 29.3 Å². The van der Waals surface area contributed by atoms with Gasteiger partial charge in [0.25, 0.3) is 0 Å². The highest BCUT2D eigenvalue weighted by Crippen LogP contribution is 2.28. The van der Waals surface area contributed by atoms with E-state index >= 15 is 0 Å². The third-order valence-corrected chi connectivity index (χ3v) is 4.41. The molecule has 0 aliphatic rings. The van der Waals surface area contributed by atoms with Crippen molar-refractivity contribution in [2.75, 3.05) is 6.54 Å². The highest BCUT2D eigenvalue weighted by molar-refractivity contribution is 8.00. The summed E-state index contributed by atoms with van der Waals surface area (Å²) in [7, 11) is 0. The van der Waals surface area contributed by atoms with Gasteiger partial charge in [0, 0.05) is 16.7 Å². The fourth-order valence-electron chi connectivity index (χ4n) is 1.68. The van der Waals surface area contributed by atoms with Crippen molar-refractivity contribution < 1.29 is 5.11 Å². The molecule has 4 heteroatoms. The van der Waals surface area contributed by atoms with E-state index in [2.05, 4.69) is 25.2 Å². The molecule has 1 aromatic rings. The first kappa shape index (κ1) is 17.0. The van der Waals surface area contributed by atoms with E-state index < -0.39 is 0 Å². The molecule has 0 saturated carbocycles. The maximum atomic E-state index is 9.55. The zero-order chi connectivity index (χ0) is 15.1. The van der Waals surface area contributed by atoms with Gasteiger partial charge in [-0.3, -0.25) is 0 Å². The summed E-state index contributed by atoms with van der Waals surface area (Å²) in [4.78, 5) is 0.938. The van der Waals surface area contributed by atoms with Gasteiger partial charge in [0.15, 0.2) is 0 Å². The number of aliphatic hydroxyl groups is 1. The summed E-state index contributed by atoms with van der Waals surface area (Å²) < 4.78 is 0. The second kappa shape index (κ2) is 8.31. The van der Waals surface area contributed by atoms with Crippen LogP contribution in [0.4, 0.5) is 0 Å². The minimum atomic E-state index is -0.390. The Bertz CT molecular complexity index is 466. The molecule has 2 N–H and O–H groups in total. The van der Waals surface area contributed by atoms with Crippen LogP contribution in [0.15, 0.2) is 23.1 Å². The molecule has 0 radical (unpaired) electrons. The average molecular weight is 292 g/mol. The van der Waals surface area contributed by atoms with E-state index in [0.29, 0.717) is 11.5 Å². The third kappa shape index (κ3) is 5.54. The standard InChI is InChI=1S/C16H24N2OS/c1-11(2)9-18-10-14-5-6-16(15(7-14)8-17)20-13(4)12(3)19/h5-7,11-13,18-19H,9-10H2,1-4H3. The predicted octanol–water partition coefficient (Wildman–Crippen LogP) is 3.17. The number of rotatable bonds is 7. The van der Waals surface area contributed by atoms with Gasteiger partial charge in [-0.2, -0.15) is 5.26 Å². The van der Waals surface area contributed by atoms with Gasteiger partial charge in [-0.15, -0.1) is 11.8 Å². The molecule has 20 heavy (non-hydrogen) atoms. The Balaban J connectivity index is 2.73. The van der Waals surface area contributed by atoms with Gasteiger partial charge in [0.1, 0.15) is 6.07 Å². The van der Waals surface area contributed by atoms with E-state index in [1.54, 1.807) is 18.7 Å². The molecule has 110 valence electrons. The average Bonchev–Trinajstić information content (AvgIpc) is 2.39. The van der Waals surface area contributed by atoms with Crippen molar-refractivity contribution in [2.45, 2.75) is 50.5 Å². The number of benzene rings is 1. The fourth-order valence-corrected chi connectivity index (χ4v) is 2.66. The second-order valence-electron chi connectivity index (χ2n) is 5.53. The van der Waals surface area contributed by atoms with E-state index in [0.717, 1.165) is 23.5 Å². The Morgan fingerprint density at radius 1 is 1.30 bits per heavy atom. The minimum Gasteiger partial charge on any atom is -0.392 e. The summed E-state index contributed by atoms with van der Waals surface area (Å²) >= 11 is 1.55. The maximum Gasteiger partial charge on any atom is 0.100 e. The SMILES string of the molecule is CC(C)CNCc1ccc(SC(C)C(C)O)c(C#N)c1. The lowest BCUT2D eigenvalue weighted by Gasteiger charge is -2.15. The van der Waals surface area contributed by atoms with Crippen LogP contribution in [-0.2, 0) is 6.54 Å². The molecule has 1 aromatic carbocycles. The molecule has 0 spiro atoms. The lowest BCUT2D eigenvalue weighted by atomic mass is 10.1. The van der Waals surface area contributed by atoms with E-state index in [4.69, 9.17) is 0 Å². The monoisotopic (exact) mass is 292 g/mol. The van der Waals surface area contributed by atoms with Crippen LogP contribution in [0.1, 0.15) is 38.8 Å². The lowest BCUT2D eigenvalue weighted by Crippen LogP contribution is -2.19. The Morgan fingerprint density at radius 2 is 2.00 bits per heavy atom. The zero-order valence-corrected chi connectivity index (χ0v) is 13.5. The van der Waals surface area contributed by atoms with E-state index in [1.165, 1.54) is 0 Å². The van der Waals surface area contributed by atoms with Crippen molar-refractivity contribution in [3.8, 4) is 6.07 Å². The van der Waals surface area contributed by atoms with Crippen LogP contribution in [0.2, 0.25) is 0 Å². The summed E-state index contributed by atoms with van der Waals surface area (Å²) in [5.41, 5.74) is 1.81. The van der Waals surface area contributed by atoms with Gasteiger partial charge in [-0.25, -0.2) is 0 Å². The minimum absolute atomic E-state index is 0.0759. The number of aliphatic hydroxyl groups excluding tert-OH is 1. The summed E-state index contributed by atoms with van der Waals surface area (Å²) in [5, 5.41) is 22.3. The quantitative estimate of drug-likeness (QED) is 0.758. The molecule has 2 unspecified atom stereocenters. The summed E-state index contributed by atoms with van der Waals surface area (Å²) in [6.07, 6.45) is -0.390. The number of nitrogens with one attached hydrogen (secondary N) is 1. The Morgan fingerprint density at radius 3 is 2.55 bits per heavy atom. The molecule has 2 atom stereocenters. The van der Waals surface area contributed by atoms with Crippen LogP contribution < -0.4 is 5.32 Å². The summed E-state index contributed by atoms with van der Waals surface area (Å²) in [6.45, 7) is 9.83. The molecule has 0 amide bonds. The zero-order valence-electron chi connectivity index (χ0n) is 12.7. The number of thioether (sulfide) groups is 1. The number of hydrogen-bond donors (Lipinski definition) is 2. The highest BCUT2D eigenvalue weighted by Gasteiger charge is 2.13. The molecule has 1 rings (SSSR count). The van der Waals surface area contributed by atoms with Crippen molar-refractivity contribution >= 4 is 11.8 Å². The largest absolute Gasteiger partial charge is 0.392 e. The smallest absolute Gasteiger partial charge is 0.100 e. The van der Waals surface area contributed by atoms with Gasteiger partial charge < -0.3 is 10.4 Å². The normalized spacial score (nSPS) is 14.1. The molecular formula is C16H24N2OS.